The number of benzene rings is 1. The highest BCUT2D eigenvalue weighted by molar-refractivity contribution is 7.89. The minimum atomic E-state index is -3.64. The third kappa shape index (κ3) is 5.33. The zero-order valence-corrected chi connectivity index (χ0v) is 22.5. The number of carbonyl (C=O) groups is 2. The Morgan fingerprint density at radius 3 is 2.32 bits per heavy atom. The smallest absolute Gasteiger partial charge is 0.318 e. The first-order valence-corrected chi connectivity index (χ1v) is 14.0. The molecule has 1 aliphatic heterocycles. The zero-order valence-electron chi connectivity index (χ0n) is 21.7. The maximum Gasteiger partial charge on any atom is 0.318 e. The Morgan fingerprint density at radius 1 is 1.08 bits per heavy atom. The summed E-state index contributed by atoms with van der Waals surface area (Å²) in [6.07, 6.45) is 3.24. The van der Waals surface area contributed by atoms with Gasteiger partial charge >= 0.3 is 6.03 Å². The fourth-order valence-corrected chi connectivity index (χ4v) is 6.32. The number of aromatic nitrogens is 2. The second kappa shape index (κ2) is 10.9. The number of sulfonamides is 1. The van der Waals surface area contributed by atoms with Crippen LogP contribution >= 0.6 is 0 Å². The number of fused-ring (bicyclic) bond motifs is 1. The van der Waals surface area contributed by atoms with Crippen molar-refractivity contribution in [3.05, 3.63) is 59.4 Å². The summed E-state index contributed by atoms with van der Waals surface area (Å²) in [5, 5.41) is 9.61. The van der Waals surface area contributed by atoms with Crippen molar-refractivity contribution in [2.75, 3.05) is 38.5 Å². The van der Waals surface area contributed by atoms with Crippen LogP contribution < -0.4 is 10.6 Å². The van der Waals surface area contributed by atoms with Crippen molar-refractivity contribution >= 4 is 33.2 Å². The first-order chi connectivity index (χ1) is 17.7. The summed E-state index contributed by atoms with van der Waals surface area (Å²) in [6, 6.07) is 9.85. The summed E-state index contributed by atoms with van der Waals surface area (Å²) in [6.45, 7) is 7.85. The molecule has 2 N–H and O–H groups in total. The Labute approximate surface area is 217 Å². The first kappa shape index (κ1) is 26.6. The van der Waals surface area contributed by atoms with Crippen molar-refractivity contribution in [3.63, 3.8) is 0 Å². The number of hydrogen-bond donors (Lipinski definition) is 2. The van der Waals surface area contributed by atoms with E-state index in [2.05, 4.69) is 15.7 Å². The van der Waals surface area contributed by atoms with Crippen LogP contribution in [0.2, 0.25) is 0 Å². The van der Waals surface area contributed by atoms with Crippen molar-refractivity contribution in [3.8, 4) is 0 Å². The maximum atomic E-state index is 13.2. The van der Waals surface area contributed by atoms with E-state index in [1.54, 1.807) is 21.5 Å². The Hall–Kier alpha value is -3.44. The summed E-state index contributed by atoms with van der Waals surface area (Å²) in [5.41, 5.74) is 3.71. The minimum absolute atomic E-state index is 0.0212. The van der Waals surface area contributed by atoms with Crippen LogP contribution in [0.3, 0.4) is 0 Å². The van der Waals surface area contributed by atoms with Gasteiger partial charge < -0.3 is 15.5 Å². The molecule has 3 aromatic rings. The van der Waals surface area contributed by atoms with Crippen molar-refractivity contribution in [1.29, 1.82) is 0 Å². The van der Waals surface area contributed by atoms with Crippen LogP contribution in [0.4, 0.5) is 10.5 Å². The van der Waals surface area contributed by atoms with E-state index in [1.165, 1.54) is 23.5 Å². The topological polar surface area (TPSA) is 116 Å². The molecule has 3 amide bonds. The number of carbonyl (C=O) groups excluding carboxylic acids is 2. The SMILES string of the molecule is CCN(CC)C(=O)c1c(C)nn2ccc(C3CCN(S(=O)(=O)c4ccc(NC(=O)NC)cc4)CC3)cc12. The van der Waals surface area contributed by atoms with Gasteiger partial charge in [0.05, 0.1) is 21.7 Å². The molecule has 0 spiro atoms. The summed E-state index contributed by atoms with van der Waals surface area (Å²) in [4.78, 5) is 26.6. The average molecular weight is 527 g/mol. The number of nitrogens with one attached hydrogen (secondary N) is 2. The normalized spacial score (nSPS) is 15.0. The van der Waals surface area contributed by atoms with Gasteiger partial charge in [-0.05, 0) is 81.5 Å². The number of anilines is 1. The van der Waals surface area contributed by atoms with Gasteiger partial charge in [0, 0.05) is 45.1 Å². The molecule has 1 fully saturated rings. The van der Waals surface area contributed by atoms with E-state index >= 15 is 0 Å². The third-order valence-electron chi connectivity index (χ3n) is 7.00. The summed E-state index contributed by atoms with van der Waals surface area (Å²) in [7, 11) is -2.13. The Balaban J connectivity index is 1.49. The van der Waals surface area contributed by atoms with E-state index in [1.807, 2.05) is 39.1 Å². The number of hydrogen-bond acceptors (Lipinski definition) is 5. The monoisotopic (exact) mass is 526 g/mol. The van der Waals surface area contributed by atoms with Crippen LogP contribution in [0.1, 0.15) is 54.2 Å². The van der Waals surface area contributed by atoms with E-state index < -0.39 is 10.0 Å². The standard InChI is InChI=1S/C26H34N6O4S/c1-5-30(6-2)25(33)24-18(3)29-32-16-13-20(17-23(24)32)19-11-14-31(15-12-19)37(35,36)22-9-7-21(8-10-22)28-26(34)27-4/h7-10,13,16-17,19H,5-6,11-12,14-15H2,1-4H3,(H2,27,28,34). The predicted molar refractivity (Wildman–Crippen MR) is 142 cm³/mol. The molecular formula is C26H34N6O4S. The van der Waals surface area contributed by atoms with E-state index in [0.29, 0.717) is 56.0 Å². The lowest BCUT2D eigenvalue weighted by Gasteiger charge is -2.31. The Kier molecular flexibility index (Phi) is 7.84. The molecule has 37 heavy (non-hydrogen) atoms. The van der Waals surface area contributed by atoms with Crippen LogP contribution in [0.5, 0.6) is 0 Å². The number of aryl methyl sites for hydroxylation is 1. The molecule has 0 saturated carbocycles. The molecule has 10 nitrogen and oxygen atoms in total. The lowest BCUT2D eigenvalue weighted by molar-refractivity contribution is 0.0774. The molecule has 1 aromatic carbocycles. The van der Waals surface area contributed by atoms with Crippen LogP contribution in [-0.2, 0) is 10.0 Å². The average Bonchev–Trinajstić information content (AvgIpc) is 3.24. The summed E-state index contributed by atoms with van der Waals surface area (Å²) in [5.74, 6) is 0.161. The molecule has 0 bridgehead atoms. The molecule has 0 unspecified atom stereocenters. The van der Waals surface area contributed by atoms with Crippen LogP contribution in [0, 0.1) is 6.92 Å². The van der Waals surface area contributed by atoms with Gasteiger partial charge in [-0.25, -0.2) is 17.7 Å². The van der Waals surface area contributed by atoms with Gasteiger partial charge in [0.2, 0.25) is 10.0 Å². The Morgan fingerprint density at radius 2 is 1.73 bits per heavy atom. The molecule has 0 aliphatic carbocycles. The number of nitrogens with zero attached hydrogens (tertiary/aromatic N) is 4. The first-order valence-electron chi connectivity index (χ1n) is 12.6. The Bertz CT molecular complexity index is 1390. The summed E-state index contributed by atoms with van der Waals surface area (Å²) >= 11 is 0. The van der Waals surface area contributed by atoms with Crippen LogP contribution in [0.25, 0.3) is 5.52 Å². The van der Waals surface area contributed by atoms with E-state index in [-0.39, 0.29) is 22.8 Å². The molecule has 3 heterocycles. The van der Waals surface area contributed by atoms with Crippen molar-refractivity contribution < 1.29 is 18.0 Å². The van der Waals surface area contributed by atoms with Gasteiger partial charge in [0.15, 0.2) is 0 Å². The second-order valence-electron chi connectivity index (χ2n) is 9.13. The highest BCUT2D eigenvalue weighted by Gasteiger charge is 2.30. The largest absolute Gasteiger partial charge is 0.341 e. The van der Waals surface area contributed by atoms with Gasteiger partial charge in [-0.3, -0.25) is 4.79 Å². The fraction of sp³-hybridized carbons (Fsp3) is 0.423. The zero-order chi connectivity index (χ0) is 26.7. The lowest BCUT2D eigenvalue weighted by Crippen LogP contribution is -2.37. The number of rotatable bonds is 7. The predicted octanol–water partition coefficient (Wildman–Crippen LogP) is 3.44. The molecule has 198 valence electrons. The third-order valence-corrected chi connectivity index (χ3v) is 8.91. The molecule has 0 atom stereocenters. The van der Waals surface area contributed by atoms with Gasteiger partial charge in [0.1, 0.15) is 0 Å². The van der Waals surface area contributed by atoms with Crippen molar-refractivity contribution in [2.45, 2.75) is 44.4 Å². The van der Waals surface area contributed by atoms with Gasteiger partial charge in [-0.2, -0.15) is 9.40 Å². The van der Waals surface area contributed by atoms with E-state index in [4.69, 9.17) is 0 Å². The molecule has 1 saturated heterocycles. The van der Waals surface area contributed by atoms with E-state index in [0.717, 1.165) is 11.1 Å². The number of urea groups is 1. The quantitative estimate of drug-likeness (QED) is 0.489. The maximum absolute atomic E-state index is 13.2. The molecule has 1 aliphatic rings. The second-order valence-corrected chi connectivity index (χ2v) is 11.1. The molecular weight excluding hydrogens is 492 g/mol. The highest BCUT2D eigenvalue weighted by Crippen LogP contribution is 2.32. The summed E-state index contributed by atoms with van der Waals surface area (Å²) < 4.78 is 29.7. The molecule has 11 heteroatoms. The van der Waals surface area contributed by atoms with E-state index in [9.17, 15) is 18.0 Å². The molecule has 0 radical (unpaired) electrons. The number of amides is 3. The van der Waals surface area contributed by atoms with Gasteiger partial charge in [-0.1, -0.05) is 0 Å². The fourth-order valence-electron chi connectivity index (χ4n) is 4.85. The number of pyridine rings is 1. The molecule has 2 aromatic heterocycles. The van der Waals surface area contributed by atoms with Gasteiger partial charge in [-0.15, -0.1) is 0 Å². The van der Waals surface area contributed by atoms with Gasteiger partial charge in [0.25, 0.3) is 5.91 Å². The van der Waals surface area contributed by atoms with Crippen LogP contribution in [-0.4, -0.2) is 72.4 Å². The lowest BCUT2D eigenvalue weighted by atomic mass is 9.90. The van der Waals surface area contributed by atoms with Crippen molar-refractivity contribution in [1.82, 2.24) is 24.1 Å². The van der Waals surface area contributed by atoms with Crippen molar-refractivity contribution in [2.24, 2.45) is 0 Å². The molecule has 4 rings (SSSR count). The highest BCUT2D eigenvalue weighted by atomic mass is 32.2. The minimum Gasteiger partial charge on any atom is -0.341 e. The van der Waals surface area contributed by atoms with Crippen LogP contribution in [0.15, 0.2) is 47.5 Å². The number of piperidine rings is 1.